The van der Waals surface area contributed by atoms with Gasteiger partial charge in [0.25, 0.3) is 5.91 Å². The van der Waals surface area contributed by atoms with Crippen LogP contribution in [0.1, 0.15) is 24.1 Å². The Morgan fingerprint density at radius 2 is 1.77 bits per heavy atom. The van der Waals surface area contributed by atoms with Crippen molar-refractivity contribution in [1.29, 1.82) is 0 Å². The van der Waals surface area contributed by atoms with Gasteiger partial charge in [0.05, 0.1) is 32.6 Å². The number of nitrogens with zero attached hydrogens (tertiary/aromatic N) is 3. The molecule has 0 saturated heterocycles. The van der Waals surface area contributed by atoms with Crippen LogP contribution in [0.15, 0.2) is 78.3 Å². The first-order valence-electron chi connectivity index (χ1n) is 12.4. The lowest BCUT2D eigenvalue weighted by Gasteiger charge is -2.29. The van der Waals surface area contributed by atoms with Crippen molar-refractivity contribution in [2.24, 2.45) is 0 Å². The summed E-state index contributed by atoms with van der Waals surface area (Å²) in [6.45, 7) is 1.82. The van der Waals surface area contributed by atoms with Crippen molar-refractivity contribution in [3.8, 4) is 23.0 Å². The lowest BCUT2D eigenvalue weighted by Crippen LogP contribution is -2.31. The minimum atomic E-state index is -0.648. The van der Waals surface area contributed by atoms with E-state index >= 15 is 0 Å². The van der Waals surface area contributed by atoms with Crippen LogP contribution in [0.2, 0.25) is 0 Å². The molecule has 4 aromatic rings. The number of fused-ring (bicyclic) bond motifs is 1. The summed E-state index contributed by atoms with van der Waals surface area (Å²) in [5.41, 5.74) is 2.58. The molecule has 206 valence electrons. The summed E-state index contributed by atoms with van der Waals surface area (Å²) in [7, 11) is 4.59. The fraction of sp³-hybridized carbons (Fsp3) is 0.207. The van der Waals surface area contributed by atoms with E-state index in [0.717, 1.165) is 0 Å². The lowest BCUT2D eigenvalue weighted by molar-refractivity contribution is -0.113. The van der Waals surface area contributed by atoms with Crippen molar-refractivity contribution in [2.45, 2.75) is 19.6 Å². The molecular weight excluding hydrogens is 517 g/mol. The number of carbonyl (C=O) groups is 1. The number of amides is 1. The molecule has 1 aromatic heterocycles. The third kappa shape index (κ3) is 5.13. The van der Waals surface area contributed by atoms with E-state index in [-0.39, 0.29) is 18.3 Å². The molecule has 0 aliphatic carbocycles. The molecule has 5 rings (SSSR count). The van der Waals surface area contributed by atoms with E-state index in [9.17, 15) is 9.18 Å². The van der Waals surface area contributed by atoms with Gasteiger partial charge in [0.1, 0.15) is 36.3 Å². The zero-order valence-corrected chi connectivity index (χ0v) is 22.4. The Labute approximate surface area is 230 Å². The second-order valence-corrected chi connectivity index (χ2v) is 8.91. The normalized spacial score (nSPS) is 14.2. The van der Waals surface area contributed by atoms with Crippen molar-refractivity contribution < 1.29 is 28.1 Å². The van der Waals surface area contributed by atoms with Gasteiger partial charge in [-0.25, -0.2) is 9.07 Å². The predicted molar refractivity (Wildman–Crippen MR) is 146 cm³/mol. The summed E-state index contributed by atoms with van der Waals surface area (Å²) >= 11 is 0. The minimum Gasteiger partial charge on any atom is -0.497 e. The molecule has 1 aliphatic heterocycles. The number of carbonyl (C=O) groups excluding carboxylic acids is 1. The van der Waals surface area contributed by atoms with Crippen LogP contribution in [0.3, 0.4) is 0 Å². The van der Waals surface area contributed by atoms with E-state index in [4.69, 9.17) is 18.9 Å². The monoisotopic (exact) mass is 545 g/mol. The minimum absolute atomic E-state index is 0.0258. The van der Waals surface area contributed by atoms with Gasteiger partial charge in [-0.2, -0.15) is 10.1 Å². The Hall–Kier alpha value is -5.06. The maximum atomic E-state index is 14.1. The average Bonchev–Trinajstić information content (AvgIpc) is 3.44. The number of hydrogen-bond acceptors (Lipinski definition) is 8. The maximum Gasteiger partial charge on any atom is 0.255 e. The van der Waals surface area contributed by atoms with Crippen LogP contribution in [0, 0.1) is 5.82 Å². The van der Waals surface area contributed by atoms with Crippen LogP contribution < -0.4 is 29.6 Å². The molecule has 1 atom stereocenters. The molecule has 2 N–H and O–H groups in total. The zero-order chi connectivity index (χ0) is 28.2. The van der Waals surface area contributed by atoms with Crippen LogP contribution in [0.5, 0.6) is 23.0 Å². The zero-order valence-electron chi connectivity index (χ0n) is 22.4. The molecule has 0 fully saturated rings. The Bertz CT molecular complexity index is 1580. The Balaban J connectivity index is 1.49. The third-order valence-electron chi connectivity index (χ3n) is 6.54. The predicted octanol–water partition coefficient (Wildman–Crippen LogP) is 4.95. The molecule has 0 saturated carbocycles. The van der Waals surface area contributed by atoms with Crippen molar-refractivity contribution in [3.05, 3.63) is 95.2 Å². The summed E-state index contributed by atoms with van der Waals surface area (Å²) in [6, 6.07) is 16.2. The van der Waals surface area contributed by atoms with Gasteiger partial charge in [-0.05, 0) is 42.8 Å². The quantitative estimate of drug-likeness (QED) is 0.304. The summed E-state index contributed by atoms with van der Waals surface area (Å²) in [6.07, 6.45) is 1.41. The fourth-order valence-electron chi connectivity index (χ4n) is 4.54. The van der Waals surface area contributed by atoms with Crippen LogP contribution in [-0.4, -0.2) is 42.0 Å². The standard InChI is InChI=1S/C29H28FN5O5/c1-17-26(28(36)34-22-14-20(37-2)10-12-23(22)38-3)27(35-29(33-17)31-16-32-35)18-9-11-24(25(13-18)39-4)40-15-19-7-5-6-8-21(19)30/h5-14,16,27H,15H2,1-4H3,(H,34,36)(H,31,32,33)/t27-/m1/s1. The molecule has 1 aliphatic rings. The molecule has 40 heavy (non-hydrogen) atoms. The number of allylic oxidation sites excluding steroid dienone is 1. The number of ether oxygens (including phenoxy) is 4. The highest BCUT2D eigenvalue weighted by atomic mass is 19.1. The Morgan fingerprint density at radius 3 is 2.52 bits per heavy atom. The maximum absolute atomic E-state index is 14.1. The van der Waals surface area contributed by atoms with Crippen molar-refractivity contribution in [2.75, 3.05) is 32.0 Å². The number of nitrogens with one attached hydrogen (secondary N) is 2. The second kappa shape index (κ2) is 11.4. The smallest absolute Gasteiger partial charge is 0.255 e. The van der Waals surface area contributed by atoms with Gasteiger partial charge in [-0.15, -0.1) is 0 Å². The molecule has 1 amide bonds. The lowest BCUT2D eigenvalue weighted by atomic mass is 9.94. The Kier molecular flexibility index (Phi) is 7.54. The van der Waals surface area contributed by atoms with E-state index < -0.39 is 6.04 Å². The van der Waals surface area contributed by atoms with Gasteiger partial charge >= 0.3 is 0 Å². The van der Waals surface area contributed by atoms with Gasteiger partial charge in [0.2, 0.25) is 5.95 Å². The van der Waals surface area contributed by atoms with E-state index in [1.165, 1.54) is 26.6 Å². The van der Waals surface area contributed by atoms with Crippen molar-refractivity contribution >= 4 is 17.5 Å². The van der Waals surface area contributed by atoms with E-state index in [0.29, 0.717) is 57.0 Å². The number of halogens is 1. The summed E-state index contributed by atoms with van der Waals surface area (Å²) < 4.78 is 38.0. The van der Waals surface area contributed by atoms with Gasteiger partial charge in [0, 0.05) is 17.3 Å². The number of anilines is 2. The Morgan fingerprint density at radius 1 is 1.00 bits per heavy atom. The first kappa shape index (κ1) is 26.5. The topological polar surface area (TPSA) is 109 Å². The molecule has 11 heteroatoms. The number of hydrogen-bond donors (Lipinski definition) is 2. The first-order chi connectivity index (χ1) is 19.4. The molecule has 10 nitrogen and oxygen atoms in total. The van der Waals surface area contributed by atoms with Crippen LogP contribution >= 0.6 is 0 Å². The molecule has 2 heterocycles. The number of benzene rings is 3. The molecule has 0 radical (unpaired) electrons. The number of rotatable bonds is 9. The van der Waals surface area contributed by atoms with Crippen LogP contribution in [-0.2, 0) is 11.4 Å². The molecule has 3 aromatic carbocycles. The van der Waals surface area contributed by atoms with Crippen molar-refractivity contribution in [3.63, 3.8) is 0 Å². The average molecular weight is 546 g/mol. The summed E-state index contributed by atoms with van der Waals surface area (Å²) in [4.78, 5) is 18.1. The highest BCUT2D eigenvalue weighted by Crippen LogP contribution is 2.40. The largest absolute Gasteiger partial charge is 0.497 e. The van der Waals surface area contributed by atoms with E-state index in [2.05, 4.69) is 20.7 Å². The molecule has 0 unspecified atom stereocenters. The van der Waals surface area contributed by atoms with Crippen molar-refractivity contribution in [1.82, 2.24) is 14.8 Å². The molecule has 0 spiro atoms. The van der Waals surface area contributed by atoms with Crippen LogP contribution in [0.4, 0.5) is 16.0 Å². The number of methoxy groups -OCH3 is 3. The highest BCUT2D eigenvalue weighted by Gasteiger charge is 2.34. The van der Waals surface area contributed by atoms with E-state index in [1.54, 1.807) is 67.2 Å². The fourth-order valence-corrected chi connectivity index (χ4v) is 4.54. The third-order valence-corrected chi connectivity index (χ3v) is 6.54. The molecule has 0 bridgehead atoms. The van der Waals surface area contributed by atoms with E-state index in [1.807, 2.05) is 6.07 Å². The highest BCUT2D eigenvalue weighted by molar-refractivity contribution is 6.06. The molecular formula is C29H28FN5O5. The van der Waals surface area contributed by atoms with Gasteiger partial charge in [0.15, 0.2) is 11.5 Å². The van der Waals surface area contributed by atoms with Gasteiger partial charge in [-0.3, -0.25) is 4.79 Å². The summed E-state index contributed by atoms with van der Waals surface area (Å²) in [5, 5.41) is 10.5. The first-order valence-corrected chi connectivity index (χ1v) is 12.4. The van der Waals surface area contributed by atoms with Gasteiger partial charge < -0.3 is 29.6 Å². The van der Waals surface area contributed by atoms with Gasteiger partial charge in [-0.1, -0.05) is 24.3 Å². The van der Waals surface area contributed by atoms with Crippen LogP contribution in [0.25, 0.3) is 0 Å². The number of aromatic nitrogens is 3. The SMILES string of the molecule is COc1ccc(OC)c(NC(=O)C2=C(C)Nc3ncnn3[C@@H]2c2ccc(OCc3ccccc3F)c(OC)c2)c1. The summed E-state index contributed by atoms with van der Waals surface area (Å²) in [5.74, 6) is 1.64. The second-order valence-electron chi connectivity index (χ2n) is 8.91.